The molecule has 0 rings (SSSR count). The molecule has 0 amide bonds. The topological polar surface area (TPSA) is 3.01 Å². The fraction of sp³-hybridized carbons (Fsp3) is 0.857. The Hall–Kier alpha value is -0.330. The van der Waals surface area contributed by atoms with E-state index in [-0.39, 0.29) is 0 Å². The van der Waals surface area contributed by atoms with Gasteiger partial charge < -0.3 is 0 Å². The van der Waals surface area contributed by atoms with Gasteiger partial charge in [-0.2, -0.15) is 0 Å². The third-order valence-corrected chi connectivity index (χ3v) is 1.24. The monoisotopic (exact) mass is 114 g/mol. The lowest BCUT2D eigenvalue weighted by Crippen LogP contribution is -2.18. The van der Waals surface area contributed by atoms with Gasteiger partial charge in [-0.05, 0) is 13.8 Å². The SMILES string of the molecule is C=[N+](CCC)C(C)C. The molecule has 0 aliphatic rings. The van der Waals surface area contributed by atoms with E-state index in [2.05, 4.69) is 32.1 Å². The predicted octanol–water partition coefficient (Wildman–Crippen LogP) is 1.52. The van der Waals surface area contributed by atoms with Gasteiger partial charge in [-0.3, -0.25) is 0 Å². The zero-order chi connectivity index (χ0) is 6.57. The molecule has 0 aromatic heterocycles. The Kier molecular flexibility index (Phi) is 3.49. The summed E-state index contributed by atoms with van der Waals surface area (Å²) >= 11 is 0. The van der Waals surface area contributed by atoms with Crippen LogP contribution in [0, 0.1) is 0 Å². The lowest BCUT2D eigenvalue weighted by Gasteiger charge is -2.01. The number of hydrogen-bond acceptors (Lipinski definition) is 0. The van der Waals surface area contributed by atoms with E-state index in [1.165, 1.54) is 6.42 Å². The molecule has 0 bridgehead atoms. The van der Waals surface area contributed by atoms with Crippen molar-refractivity contribution in [3.8, 4) is 0 Å². The summed E-state index contributed by atoms with van der Waals surface area (Å²) in [6.07, 6.45) is 1.20. The second kappa shape index (κ2) is 3.65. The van der Waals surface area contributed by atoms with Crippen molar-refractivity contribution in [2.24, 2.45) is 0 Å². The van der Waals surface area contributed by atoms with Crippen LogP contribution in [-0.2, 0) is 0 Å². The van der Waals surface area contributed by atoms with Crippen molar-refractivity contribution in [3.63, 3.8) is 0 Å². The van der Waals surface area contributed by atoms with Gasteiger partial charge in [0, 0.05) is 6.42 Å². The third kappa shape index (κ3) is 2.78. The van der Waals surface area contributed by atoms with Crippen LogP contribution < -0.4 is 0 Å². The Balaban J connectivity index is 3.33. The largest absolute Gasteiger partial charge is 0.240 e. The van der Waals surface area contributed by atoms with Crippen molar-refractivity contribution in [2.45, 2.75) is 33.2 Å². The van der Waals surface area contributed by atoms with Gasteiger partial charge in [-0.25, -0.2) is 4.58 Å². The molecule has 0 aliphatic carbocycles. The lowest BCUT2D eigenvalue weighted by atomic mass is 10.3. The second-order valence-corrected chi connectivity index (χ2v) is 2.41. The highest BCUT2D eigenvalue weighted by Gasteiger charge is 2.01. The van der Waals surface area contributed by atoms with E-state index in [0.29, 0.717) is 6.04 Å². The van der Waals surface area contributed by atoms with Crippen LogP contribution in [0.1, 0.15) is 27.2 Å². The molecule has 0 unspecified atom stereocenters. The minimum Gasteiger partial charge on any atom is -0.240 e. The average molecular weight is 114 g/mol. The maximum Gasteiger partial charge on any atom is 0.146 e. The van der Waals surface area contributed by atoms with E-state index < -0.39 is 0 Å². The molecule has 1 heteroatoms. The van der Waals surface area contributed by atoms with Gasteiger partial charge >= 0.3 is 0 Å². The molecule has 0 N–H and O–H groups in total. The highest BCUT2D eigenvalue weighted by atomic mass is 15.0. The number of rotatable bonds is 3. The quantitative estimate of drug-likeness (QED) is 0.386. The minimum absolute atomic E-state index is 0.593. The molecule has 0 aromatic rings. The van der Waals surface area contributed by atoms with Crippen LogP contribution in [0.2, 0.25) is 0 Å². The molecule has 0 fully saturated rings. The Bertz CT molecular complexity index is 74.5. The summed E-state index contributed by atoms with van der Waals surface area (Å²) in [5, 5.41) is 0. The Labute approximate surface area is 52.0 Å². The molecule has 0 saturated carbocycles. The van der Waals surface area contributed by atoms with Gasteiger partial charge in [0.2, 0.25) is 0 Å². The zero-order valence-corrected chi connectivity index (χ0v) is 6.15. The predicted molar refractivity (Wildman–Crippen MR) is 37.7 cm³/mol. The Morgan fingerprint density at radius 1 is 1.50 bits per heavy atom. The fourth-order valence-corrected chi connectivity index (χ4v) is 0.545. The van der Waals surface area contributed by atoms with Crippen LogP contribution in [-0.4, -0.2) is 23.9 Å². The van der Waals surface area contributed by atoms with E-state index in [1.54, 1.807) is 0 Å². The highest BCUT2D eigenvalue weighted by molar-refractivity contribution is 5.14. The van der Waals surface area contributed by atoms with Gasteiger partial charge in [-0.15, -0.1) is 0 Å². The van der Waals surface area contributed by atoms with E-state index in [0.717, 1.165) is 6.54 Å². The minimum atomic E-state index is 0.593. The van der Waals surface area contributed by atoms with Crippen LogP contribution in [0.4, 0.5) is 0 Å². The van der Waals surface area contributed by atoms with Gasteiger partial charge in [0.15, 0.2) is 0 Å². The summed E-state index contributed by atoms with van der Waals surface area (Å²) in [5.74, 6) is 0. The highest BCUT2D eigenvalue weighted by Crippen LogP contribution is 1.86. The maximum absolute atomic E-state index is 3.86. The first-order valence-electron chi connectivity index (χ1n) is 3.25. The van der Waals surface area contributed by atoms with Crippen molar-refractivity contribution >= 4 is 6.72 Å². The first-order chi connectivity index (χ1) is 3.68. The van der Waals surface area contributed by atoms with Crippen LogP contribution in [0.15, 0.2) is 0 Å². The van der Waals surface area contributed by atoms with Crippen molar-refractivity contribution in [3.05, 3.63) is 0 Å². The summed E-state index contributed by atoms with van der Waals surface area (Å²) in [5.41, 5.74) is 0. The van der Waals surface area contributed by atoms with E-state index >= 15 is 0 Å². The average Bonchev–Trinajstić information content (AvgIpc) is 1.67. The Morgan fingerprint density at radius 3 is 2.12 bits per heavy atom. The van der Waals surface area contributed by atoms with Crippen LogP contribution in [0.5, 0.6) is 0 Å². The molecule has 8 heavy (non-hydrogen) atoms. The van der Waals surface area contributed by atoms with E-state index in [9.17, 15) is 0 Å². The molecule has 0 atom stereocenters. The van der Waals surface area contributed by atoms with Crippen LogP contribution in [0.3, 0.4) is 0 Å². The molecule has 0 heterocycles. The van der Waals surface area contributed by atoms with Gasteiger partial charge in [-0.1, -0.05) is 6.92 Å². The molecule has 0 aliphatic heterocycles. The molecule has 1 nitrogen and oxygen atoms in total. The molecule has 0 spiro atoms. The molecular formula is C7H16N+. The summed E-state index contributed by atoms with van der Waals surface area (Å²) in [4.78, 5) is 0. The summed E-state index contributed by atoms with van der Waals surface area (Å²) in [6, 6.07) is 0.593. The normalized spacial score (nSPS) is 10.0. The molecule has 0 radical (unpaired) electrons. The smallest absolute Gasteiger partial charge is 0.146 e. The van der Waals surface area contributed by atoms with E-state index in [1.807, 2.05) is 0 Å². The summed E-state index contributed by atoms with van der Waals surface area (Å²) in [6.45, 7) is 11.4. The van der Waals surface area contributed by atoms with E-state index in [4.69, 9.17) is 0 Å². The van der Waals surface area contributed by atoms with Crippen molar-refractivity contribution in [1.82, 2.24) is 0 Å². The van der Waals surface area contributed by atoms with Crippen LogP contribution in [0.25, 0.3) is 0 Å². The van der Waals surface area contributed by atoms with Crippen molar-refractivity contribution in [2.75, 3.05) is 6.54 Å². The Morgan fingerprint density at radius 2 is 2.00 bits per heavy atom. The summed E-state index contributed by atoms with van der Waals surface area (Å²) in [7, 11) is 0. The third-order valence-electron chi connectivity index (χ3n) is 1.24. The standard InChI is InChI=1S/C7H16N/c1-5-6-8(4)7(2)3/h7H,4-6H2,1-3H3/q+1. The first-order valence-corrected chi connectivity index (χ1v) is 3.25. The maximum atomic E-state index is 3.86. The molecular weight excluding hydrogens is 98.1 g/mol. The summed E-state index contributed by atoms with van der Waals surface area (Å²) < 4.78 is 2.10. The molecule has 0 aromatic carbocycles. The van der Waals surface area contributed by atoms with Gasteiger partial charge in [0.1, 0.15) is 19.3 Å². The second-order valence-electron chi connectivity index (χ2n) is 2.41. The number of nitrogens with zero attached hydrogens (tertiary/aromatic N) is 1. The first kappa shape index (κ1) is 7.67. The van der Waals surface area contributed by atoms with Crippen LogP contribution >= 0.6 is 0 Å². The van der Waals surface area contributed by atoms with Gasteiger partial charge in [0.25, 0.3) is 0 Å². The number of hydrogen-bond donors (Lipinski definition) is 0. The van der Waals surface area contributed by atoms with Crippen molar-refractivity contribution < 1.29 is 4.58 Å². The fourth-order valence-electron chi connectivity index (χ4n) is 0.545. The molecule has 48 valence electrons. The lowest BCUT2D eigenvalue weighted by molar-refractivity contribution is -0.550. The zero-order valence-electron chi connectivity index (χ0n) is 6.15. The molecule has 0 saturated heterocycles. The van der Waals surface area contributed by atoms with Crippen molar-refractivity contribution in [1.29, 1.82) is 0 Å². The van der Waals surface area contributed by atoms with Gasteiger partial charge in [0.05, 0.1) is 0 Å².